The lowest BCUT2D eigenvalue weighted by Gasteiger charge is -2.09. The van der Waals surface area contributed by atoms with Crippen LogP contribution in [0.3, 0.4) is 0 Å². The molecule has 0 bridgehead atoms. The van der Waals surface area contributed by atoms with Crippen LogP contribution in [0.1, 0.15) is 12.8 Å². The maximum absolute atomic E-state index is 5.87. The SMILES string of the molecule is Cn1nc(-c2ccccc2OCC2CC2)cc1N. The van der Waals surface area contributed by atoms with Gasteiger partial charge >= 0.3 is 0 Å². The highest BCUT2D eigenvalue weighted by molar-refractivity contribution is 5.69. The Morgan fingerprint density at radius 1 is 1.39 bits per heavy atom. The second-order valence-electron chi connectivity index (χ2n) is 4.83. The normalized spacial score (nSPS) is 14.7. The van der Waals surface area contributed by atoms with Crippen molar-refractivity contribution in [1.82, 2.24) is 9.78 Å². The number of rotatable bonds is 4. The maximum Gasteiger partial charge on any atom is 0.128 e. The van der Waals surface area contributed by atoms with Gasteiger partial charge < -0.3 is 10.5 Å². The molecule has 1 aromatic heterocycles. The Labute approximate surface area is 106 Å². The number of anilines is 1. The van der Waals surface area contributed by atoms with Gasteiger partial charge in [0.25, 0.3) is 0 Å². The van der Waals surface area contributed by atoms with E-state index in [-0.39, 0.29) is 0 Å². The zero-order chi connectivity index (χ0) is 12.5. The molecule has 1 aliphatic rings. The number of ether oxygens (including phenoxy) is 1. The minimum Gasteiger partial charge on any atom is -0.493 e. The van der Waals surface area contributed by atoms with E-state index in [2.05, 4.69) is 5.10 Å². The minimum atomic E-state index is 0.655. The summed E-state index contributed by atoms with van der Waals surface area (Å²) in [5, 5.41) is 4.40. The maximum atomic E-state index is 5.87. The highest BCUT2D eigenvalue weighted by atomic mass is 16.5. The van der Waals surface area contributed by atoms with Crippen LogP contribution in [0.4, 0.5) is 5.82 Å². The number of aryl methyl sites for hydroxylation is 1. The first-order chi connectivity index (χ1) is 8.74. The van der Waals surface area contributed by atoms with E-state index in [1.807, 2.05) is 37.4 Å². The van der Waals surface area contributed by atoms with Gasteiger partial charge in [-0.2, -0.15) is 5.10 Å². The average Bonchev–Trinajstić information content (AvgIpc) is 3.14. The van der Waals surface area contributed by atoms with Crippen LogP contribution in [0.15, 0.2) is 30.3 Å². The summed E-state index contributed by atoms with van der Waals surface area (Å²) in [6.45, 7) is 0.805. The summed E-state index contributed by atoms with van der Waals surface area (Å²) >= 11 is 0. The lowest BCUT2D eigenvalue weighted by Crippen LogP contribution is -2.00. The predicted octanol–water partition coefficient (Wildman–Crippen LogP) is 2.46. The molecule has 94 valence electrons. The topological polar surface area (TPSA) is 53.1 Å². The molecule has 1 fully saturated rings. The van der Waals surface area contributed by atoms with E-state index < -0.39 is 0 Å². The Bertz CT molecular complexity index is 538. The van der Waals surface area contributed by atoms with Gasteiger partial charge in [-0.15, -0.1) is 0 Å². The first kappa shape index (κ1) is 11.1. The zero-order valence-electron chi connectivity index (χ0n) is 10.5. The van der Waals surface area contributed by atoms with Crippen LogP contribution in [-0.4, -0.2) is 16.4 Å². The standard InChI is InChI=1S/C14H17N3O/c1-17-14(15)8-12(16-17)11-4-2-3-5-13(11)18-9-10-6-7-10/h2-5,8,10H,6-7,9,15H2,1H3. The summed E-state index contributed by atoms with van der Waals surface area (Å²) in [5.74, 6) is 2.29. The summed E-state index contributed by atoms with van der Waals surface area (Å²) in [6, 6.07) is 9.86. The van der Waals surface area contributed by atoms with Crippen molar-refractivity contribution >= 4 is 5.82 Å². The fraction of sp³-hybridized carbons (Fsp3) is 0.357. The first-order valence-corrected chi connectivity index (χ1v) is 6.26. The van der Waals surface area contributed by atoms with Crippen molar-refractivity contribution < 1.29 is 4.74 Å². The number of para-hydroxylation sites is 1. The highest BCUT2D eigenvalue weighted by Crippen LogP contribution is 2.33. The Morgan fingerprint density at radius 2 is 2.17 bits per heavy atom. The van der Waals surface area contributed by atoms with Gasteiger partial charge in [0.15, 0.2) is 0 Å². The van der Waals surface area contributed by atoms with Crippen molar-refractivity contribution in [3.05, 3.63) is 30.3 Å². The lowest BCUT2D eigenvalue weighted by molar-refractivity contribution is 0.301. The van der Waals surface area contributed by atoms with Gasteiger partial charge in [-0.05, 0) is 30.9 Å². The summed E-state index contributed by atoms with van der Waals surface area (Å²) in [7, 11) is 1.84. The number of aromatic nitrogens is 2. The summed E-state index contributed by atoms with van der Waals surface area (Å²) in [6.07, 6.45) is 2.58. The average molecular weight is 243 g/mol. The third-order valence-corrected chi connectivity index (χ3v) is 3.25. The lowest BCUT2D eigenvalue weighted by atomic mass is 10.1. The quantitative estimate of drug-likeness (QED) is 0.897. The molecule has 4 heteroatoms. The van der Waals surface area contributed by atoms with Crippen molar-refractivity contribution in [2.45, 2.75) is 12.8 Å². The molecule has 3 rings (SSSR count). The van der Waals surface area contributed by atoms with E-state index in [0.717, 1.165) is 29.5 Å². The number of nitrogens with two attached hydrogens (primary N) is 1. The van der Waals surface area contributed by atoms with E-state index >= 15 is 0 Å². The van der Waals surface area contributed by atoms with Crippen LogP contribution in [0.25, 0.3) is 11.3 Å². The molecule has 0 aliphatic heterocycles. The van der Waals surface area contributed by atoms with Crippen LogP contribution in [0, 0.1) is 5.92 Å². The molecule has 0 radical (unpaired) electrons. The van der Waals surface area contributed by atoms with E-state index in [1.165, 1.54) is 12.8 Å². The third-order valence-electron chi connectivity index (χ3n) is 3.25. The van der Waals surface area contributed by atoms with Gasteiger partial charge in [0.1, 0.15) is 11.6 Å². The number of hydrogen-bond acceptors (Lipinski definition) is 3. The van der Waals surface area contributed by atoms with Gasteiger partial charge in [0.2, 0.25) is 0 Å². The van der Waals surface area contributed by atoms with Crippen molar-refractivity contribution in [2.24, 2.45) is 13.0 Å². The number of hydrogen-bond donors (Lipinski definition) is 1. The molecule has 4 nitrogen and oxygen atoms in total. The smallest absolute Gasteiger partial charge is 0.128 e. The Morgan fingerprint density at radius 3 is 2.83 bits per heavy atom. The highest BCUT2D eigenvalue weighted by Gasteiger charge is 2.22. The molecule has 18 heavy (non-hydrogen) atoms. The molecule has 1 aliphatic carbocycles. The Kier molecular flexibility index (Phi) is 2.70. The summed E-state index contributed by atoms with van der Waals surface area (Å²) in [4.78, 5) is 0. The zero-order valence-corrected chi connectivity index (χ0v) is 10.5. The van der Waals surface area contributed by atoms with Gasteiger partial charge in [-0.1, -0.05) is 12.1 Å². The third kappa shape index (κ3) is 2.18. The van der Waals surface area contributed by atoms with Crippen molar-refractivity contribution in [2.75, 3.05) is 12.3 Å². The Balaban J connectivity index is 1.89. The van der Waals surface area contributed by atoms with Crippen LogP contribution in [0.2, 0.25) is 0 Å². The molecule has 0 saturated heterocycles. The van der Waals surface area contributed by atoms with Crippen LogP contribution < -0.4 is 10.5 Å². The molecule has 2 N–H and O–H groups in total. The second kappa shape index (κ2) is 4.37. The molecular weight excluding hydrogens is 226 g/mol. The van der Waals surface area contributed by atoms with E-state index in [9.17, 15) is 0 Å². The van der Waals surface area contributed by atoms with Crippen molar-refractivity contribution in [3.8, 4) is 17.0 Å². The summed E-state index contributed by atoms with van der Waals surface area (Å²) < 4.78 is 7.55. The second-order valence-corrected chi connectivity index (χ2v) is 4.83. The Hall–Kier alpha value is -1.97. The predicted molar refractivity (Wildman–Crippen MR) is 71.3 cm³/mol. The molecule has 1 saturated carbocycles. The largest absolute Gasteiger partial charge is 0.493 e. The van der Waals surface area contributed by atoms with Crippen LogP contribution >= 0.6 is 0 Å². The molecule has 0 atom stereocenters. The summed E-state index contributed by atoms with van der Waals surface area (Å²) in [5.41, 5.74) is 7.69. The fourth-order valence-corrected chi connectivity index (χ4v) is 1.91. The van der Waals surface area contributed by atoms with E-state index in [4.69, 9.17) is 10.5 Å². The molecule has 0 unspecified atom stereocenters. The molecule has 2 aromatic rings. The van der Waals surface area contributed by atoms with Gasteiger partial charge in [-0.25, -0.2) is 0 Å². The fourth-order valence-electron chi connectivity index (χ4n) is 1.91. The molecule has 1 heterocycles. The van der Waals surface area contributed by atoms with E-state index in [0.29, 0.717) is 5.82 Å². The van der Waals surface area contributed by atoms with Gasteiger partial charge in [0.05, 0.1) is 12.3 Å². The van der Waals surface area contributed by atoms with Crippen LogP contribution in [-0.2, 0) is 7.05 Å². The molecule has 1 aromatic carbocycles. The monoisotopic (exact) mass is 243 g/mol. The molecule has 0 spiro atoms. The first-order valence-electron chi connectivity index (χ1n) is 6.26. The van der Waals surface area contributed by atoms with Crippen molar-refractivity contribution in [3.63, 3.8) is 0 Å². The minimum absolute atomic E-state index is 0.655. The van der Waals surface area contributed by atoms with Crippen LogP contribution in [0.5, 0.6) is 5.75 Å². The number of nitrogens with zero attached hydrogens (tertiary/aromatic N) is 2. The van der Waals surface area contributed by atoms with Gasteiger partial charge in [-0.3, -0.25) is 4.68 Å². The van der Waals surface area contributed by atoms with Crippen molar-refractivity contribution in [1.29, 1.82) is 0 Å². The number of nitrogen functional groups attached to an aromatic ring is 1. The van der Waals surface area contributed by atoms with E-state index in [1.54, 1.807) is 4.68 Å². The van der Waals surface area contributed by atoms with Gasteiger partial charge in [0, 0.05) is 18.7 Å². The molecule has 0 amide bonds. The molecular formula is C14H17N3O. The number of benzene rings is 1.